The van der Waals surface area contributed by atoms with Gasteiger partial charge in [0.05, 0.1) is 23.5 Å². The highest BCUT2D eigenvalue weighted by Crippen LogP contribution is 2.33. The van der Waals surface area contributed by atoms with E-state index in [0.717, 1.165) is 31.7 Å². The van der Waals surface area contributed by atoms with E-state index in [1.54, 1.807) is 6.92 Å². The first-order valence-electron chi connectivity index (χ1n) is 7.60. The molecule has 1 fully saturated rings. The largest absolute Gasteiger partial charge is 0.466 e. The minimum atomic E-state index is -0.596. The Morgan fingerprint density at radius 3 is 2.64 bits per heavy atom. The lowest BCUT2D eigenvalue weighted by Crippen LogP contribution is -2.24. The van der Waals surface area contributed by atoms with Crippen LogP contribution in [0.2, 0.25) is 0 Å². The first kappa shape index (κ1) is 16.4. The second-order valence-corrected chi connectivity index (χ2v) is 5.70. The van der Waals surface area contributed by atoms with E-state index in [2.05, 4.69) is 0 Å². The molecule has 1 aliphatic rings. The van der Waals surface area contributed by atoms with Gasteiger partial charge in [0, 0.05) is 5.56 Å². The molecule has 5 nitrogen and oxygen atoms in total. The number of carbonyl (C=O) groups excluding carboxylic acids is 1. The molecule has 0 N–H and O–H groups in total. The van der Waals surface area contributed by atoms with Crippen molar-refractivity contribution in [2.24, 2.45) is 11.8 Å². The molecule has 0 spiro atoms. The van der Waals surface area contributed by atoms with Gasteiger partial charge in [-0.25, -0.2) is 4.39 Å². The third kappa shape index (κ3) is 4.02. The number of hydrogen-bond donors (Lipinski definition) is 0. The summed E-state index contributed by atoms with van der Waals surface area (Å²) in [5.41, 5.74) is 0.401. The Labute approximate surface area is 128 Å². The van der Waals surface area contributed by atoms with Crippen LogP contribution in [0.3, 0.4) is 0 Å². The van der Waals surface area contributed by atoms with E-state index in [1.165, 1.54) is 12.1 Å². The number of nitro benzene ring substituents is 1. The van der Waals surface area contributed by atoms with Crippen molar-refractivity contribution in [2.75, 3.05) is 6.61 Å². The van der Waals surface area contributed by atoms with E-state index in [-0.39, 0.29) is 23.5 Å². The minimum absolute atomic E-state index is 0.0561. The maximum atomic E-state index is 13.1. The summed E-state index contributed by atoms with van der Waals surface area (Å²) in [5.74, 6) is -0.510. The van der Waals surface area contributed by atoms with Gasteiger partial charge in [0.25, 0.3) is 5.69 Å². The van der Waals surface area contributed by atoms with Gasteiger partial charge in [-0.3, -0.25) is 14.9 Å². The fraction of sp³-hybridized carbons (Fsp3) is 0.562. The third-order valence-electron chi connectivity index (χ3n) is 4.22. The third-order valence-corrected chi connectivity index (χ3v) is 4.22. The van der Waals surface area contributed by atoms with Crippen LogP contribution in [0.15, 0.2) is 18.2 Å². The maximum Gasteiger partial charge on any atom is 0.308 e. The number of carbonyl (C=O) groups is 1. The highest BCUT2D eigenvalue weighted by atomic mass is 19.1. The van der Waals surface area contributed by atoms with Crippen molar-refractivity contribution in [1.29, 1.82) is 0 Å². The molecule has 2 rings (SSSR count). The Bertz CT molecular complexity index is 553. The molecule has 1 aromatic rings. The molecule has 0 heterocycles. The van der Waals surface area contributed by atoms with E-state index >= 15 is 0 Å². The van der Waals surface area contributed by atoms with Gasteiger partial charge >= 0.3 is 5.97 Å². The first-order chi connectivity index (χ1) is 10.5. The molecular weight excluding hydrogens is 289 g/mol. The Balaban J connectivity index is 1.96. The summed E-state index contributed by atoms with van der Waals surface area (Å²) in [6.07, 6.45) is 3.71. The standard InChI is InChI=1S/C16H20FNO4/c1-2-22-16(19)12-5-3-11(4-6-12)9-13-7-8-14(17)10-15(13)18(20)21/h7-8,10-12H,2-6,9H2,1H3. The van der Waals surface area contributed by atoms with Crippen LogP contribution in [0.4, 0.5) is 10.1 Å². The van der Waals surface area contributed by atoms with E-state index in [0.29, 0.717) is 18.6 Å². The number of benzene rings is 1. The van der Waals surface area contributed by atoms with Gasteiger partial charge < -0.3 is 4.74 Å². The minimum Gasteiger partial charge on any atom is -0.466 e. The fourth-order valence-corrected chi connectivity index (χ4v) is 3.05. The molecule has 0 aromatic heterocycles. The number of rotatable bonds is 5. The van der Waals surface area contributed by atoms with Crippen LogP contribution in [0, 0.1) is 27.8 Å². The lowest BCUT2D eigenvalue weighted by molar-refractivity contribution is -0.385. The summed E-state index contributed by atoms with van der Waals surface area (Å²) in [6.45, 7) is 2.18. The second-order valence-electron chi connectivity index (χ2n) is 5.70. The van der Waals surface area contributed by atoms with Crippen molar-refractivity contribution >= 4 is 11.7 Å². The Morgan fingerprint density at radius 1 is 1.36 bits per heavy atom. The molecule has 0 radical (unpaired) electrons. The SMILES string of the molecule is CCOC(=O)C1CCC(Cc2ccc(F)cc2[N+](=O)[O-])CC1. The maximum absolute atomic E-state index is 13.1. The number of esters is 1. The topological polar surface area (TPSA) is 69.4 Å². The smallest absolute Gasteiger partial charge is 0.308 e. The summed E-state index contributed by atoms with van der Waals surface area (Å²) in [6, 6.07) is 3.72. The zero-order chi connectivity index (χ0) is 16.1. The van der Waals surface area contributed by atoms with Crippen LogP contribution in [-0.2, 0) is 16.0 Å². The van der Waals surface area contributed by atoms with Crippen LogP contribution in [0.1, 0.15) is 38.2 Å². The monoisotopic (exact) mass is 309 g/mol. The normalized spacial score (nSPS) is 21.4. The van der Waals surface area contributed by atoms with Crippen LogP contribution in [0.5, 0.6) is 0 Å². The van der Waals surface area contributed by atoms with Crippen LogP contribution >= 0.6 is 0 Å². The fourth-order valence-electron chi connectivity index (χ4n) is 3.05. The van der Waals surface area contributed by atoms with Crippen molar-refractivity contribution < 1.29 is 18.8 Å². The van der Waals surface area contributed by atoms with E-state index in [9.17, 15) is 19.3 Å². The van der Waals surface area contributed by atoms with Gasteiger partial charge in [-0.2, -0.15) is 0 Å². The molecule has 0 saturated heterocycles. The van der Waals surface area contributed by atoms with Gasteiger partial charge in [-0.15, -0.1) is 0 Å². The summed E-state index contributed by atoms with van der Waals surface area (Å²) in [7, 11) is 0. The Morgan fingerprint density at radius 2 is 2.05 bits per heavy atom. The lowest BCUT2D eigenvalue weighted by Gasteiger charge is -2.27. The zero-order valence-corrected chi connectivity index (χ0v) is 12.6. The van der Waals surface area contributed by atoms with E-state index < -0.39 is 10.7 Å². The number of halogens is 1. The highest BCUT2D eigenvalue weighted by molar-refractivity contribution is 5.72. The van der Waals surface area contributed by atoms with Gasteiger partial charge in [-0.1, -0.05) is 0 Å². The van der Waals surface area contributed by atoms with E-state index in [4.69, 9.17) is 4.74 Å². The van der Waals surface area contributed by atoms with Crippen molar-refractivity contribution in [3.8, 4) is 0 Å². The summed E-state index contributed by atoms with van der Waals surface area (Å²) >= 11 is 0. The van der Waals surface area contributed by atoms with Crippen molar-refractivity contribution in [3.63, 3.8) is 0 Å². The number of hydrogen-bond acceptors (Lipinski definition) is 4. The number of ether oxygens (including phenoxy) is 1. The summed E-state index contributed by atoms with van der Waals surface area (Å²) in [5, 5.41) is 11.0. The quantitative estimate of drug-likeness (QED) is 0.473. The Kier molecular flexibility index (Phi) is 5.46. The second kappa shape index (κ2) is 7.33. The molecule has 1 aliphatic carbocycles. The van der Waals surface area contributed by atoms with Crippen LogP contribution in [-0.4, -0.2) is 17.5 Å². The molecule has 0 atom stereocenters. The van der Waals surface area contributed by atoms with Gasteiger partial charge in [0.2, 0.25) is 0 Å². The Hall–Kier alpha value is -1.98. The molecule has 120 valence electrons. The van der Waals surface area contributed by atoms with Gasteiger partial charge in [0.1, 0.15) is 5.82 Å². The predicted molar refractivity (Wildman–Crippen MR) is 78.8 cm³/mol. The van der Waals surface area contributed by atoms with E-state index in [1.807, 2.05) is 0 Å². The molecular formula is C16H20FNO4. The predicted octanol–water partition coefficient (Wildman–Crippen LogP) is 3.65. The average Bonchev–Trinajstić information content (AvgIpc) is 2.50. The molecule has 0 amide bonds. The highest BCUT2D eigenvalue weighted by Gasteiger charge is 2.28. The van der Waals surface area contributed by atoms with Gasteiger partial charge in [-0.05, 0) is 57.1 Å². The first-order valence-corrected chi connectivity index (χ1v) is 7.60. The summed E-state index contributed by atoms with van der Waals surface area (Å²) in [4.78, 5) is 22.2. The lowest BCUT2D eigenvalue weighted by atomic mass is 9.79. The van der Waals surface area contributed by atoms with Crippen molar-refractivity contribution in [2.45, 2.75) is 39.0 Å². The molecule has 6 heteroatoms. The molecule has 1 aromatic carbocycles. The van der Waals surface area contributed by atoms with Crippen molar-refractivity contribution in [1.82, 2.24) is 0 Å². The molecule has 1 saturated carbocycles. The molecule has 0 bridgehead atoms. The summed E-state index contributed by atoms with van der Waals surface area (Å²) < 4.78 is 18.2. The molecule has 22 heavy (non-hydrogen) atoms. The number of nitrogens with zero attached hydrogens (tertiary/aromatic N) is 1. The zero-order valence-electron chi connectivity index (χ0n) is 12.6. The molecule has 0 aliphatic heterocycles. The average molecular weight is 309 g/mol. The van der Waals surface area contributed by atoms with Crippen LogP contribution < -0.4 is 0 Å². The van der Waals surface area contributed by atoms with Crippen molar-refractivity contribution in [3.05, 3.63) is 39.7 Å². The van der Waals surface area contributed by atoms with Gasteiger partial charge in [0.15, 0.2) is 0 Å². The van der Waals surface area contributed by atoms with Crippen LogP contribution in [0.25, 0.3) is 0 Å². The molecule has 0 unspecified atom stereocenters. The number of nitro groups is 1.